The number of anilines is 2. The van der Waals surface area contributed by atoms with Crippen molar-refractivity contribution in [3.05, 3.63) is 78.8 Å². The highest BCUT2D eigenvalue weighted by Gasteiger charge is 2.51. The number of para-hydroxylation sites is 1. The van der Waals surface area contributed by atoms with E-state index in [-0.39, 0.29) is 39.2 Å². The number of hydrogen-bond acceptors (Lipinski definition) is 14. The van der Waals surface area contributed by atoms with E-state index in [9.17, 15) is 48.4 Å². The van der Waals surface area contributed by atoms with Crippen LogP contribution >= 0.6 is 0 Å². The number of aryl methyl sites for hydroxylation is 2. The molecule has 364 valence electrons. The summed E-state index contributed by atoms with van der Waals surface area (Å²) in [7, 11) is -6.69. The van der Waals surface area contributed by atoms with Crippen molar-refractivity contribution in [1.29, 1.82) is 0 Å². The number of urea groups is 1. The van der Waals surface area contributed by atoms with Gasteiger partial charge >= 0.3 is 12.1 Å². The summed E-state index contributed by atoms with van der Waals surface area (Å²) in [5, 5.41) is 16.5. The second-order valence-corrected chi connectivity index (χ2v) is 19.5. The van der Waals surface area contributed by atoms with E-state index in [0.717, 1.165) is 35.6 Å². The molecule has 0 unspecified atom stereocenters. The number of nitrogens with one attached hydrogen (secondary N) is 3. The summed E-state index contributed by atoms with van der Waals surface area (Å²) < 4.78 is 149. The van der Waals surface area contributed by atoms with Gasteiger partial charge in [0, 0.05) is 63.5 Å². The average molecular weight is 981 g/mol. The Hall–Kier alpha value is -5.96. The molecule has 0 saturated carbocycles. The van der Waals surface area contributed by atoms with Crippen molar-refractivity contribution in [3.8, 4) is 5.75 Å². The third kappa shape index (κ3) is 12.3. The summed E-state index contributed by atoms with van der Waals surface area (Å²) in [4.78, 5) is 23.3. The van der Waals surface area contributed by atoms with Gasteiger partial charge in [-0.1, -0.05) is 35.9 Å². The number of benzene rings is 1. The van der Waals surface area contributed by atoms with Crippen LogP contribution in [0.2, 0.25) is 0 Å². The Morgan fingerprint density at radius 2 is 1.18 bits per heavy atom. The Balaban J connectivity index is 0.000000226. The fraction of sp³-hybridized carbons (Fsp3) is 0.487. The number of hydrogen-bond donors (Lipinski definition) is 3. The SMILES string of the molecule is C.Cn1cc(S(=O)(=O)[C@@](C)(F)C2CCN(C(=O)Nc3ccon3)CC2)c(C(F)F)n1.Cn1cc(S(=O)(=O)[C@@](C)(F)C2CCNCC2)c(C(F)F)n1.O=C(Nc1ccon1)Oc1ccccc1. The Morgan fingerprint density at radius 1 is 0.742 bits per heavy atom. The lowest BCUT2D eigenvalue weighted by Crippen LogP contribution is -2.48. The first kappa shape index (κ1) is 52.7. The molecule has 0 spiro atoms. The van der Waals surface area contributed by atoms with Gasteiger partial charge in [-0.05, 0) is 64.8 Å². The van der Waals surface area contributed by atoms with Gasteiger partial charge in [0.1, 0.15) is 39.5 Å². The van der Waals surface area contributed by atoms with Crippen molar-refractivity contribution in [2.24, 2.45) is 25.9 Å². The summed E-state index contributed by atoms with van der Waals surface area (Å²) >= 11 is 0. The first-order valence-electron chi connectivity index (χ1n) is 19.7. The maximum absolute atomic E-state index is 15.5. The molecule has 2 aliphatic rings. The van der Waals surface area contributed by atoms with E-state index >= 15 is 4.39 Å². The molecule has 1 aromatic carbocycles. The van der Waals surface area contributed by atoms with Crippen LogP contribution in [0.25, 0.3) is 0 Å². The number of piperidine rings is 2. The number of aromatic nitrogens is 6. The Morgan fingerprint density at radius 3 is 1.61 bits per heavy atom. The molecular formula is C39H50F6N10O9S2. The zero-order valence-corrected chi connectivity index (χ0v) is 36.8. The molecule has 66 heavy (non-hydrogen) atoms. The lowest BCUT2D eigenvalue weighted by atomic mass is 9.92. The summed E-state index contributed by atoms with van der Waals surface area (Å²) in [6.45, 7) is 3.04. The Kier molecular flexibility index (Phi) is 17.6. The van der Waals surface area contributed by atoms with Crippen LogP contribution in [0.4, 0.5) is 47.6 Å². The molecule has 0 aliphatic carbocycles. The smallest absolute Gasteiger partial charge is 0.410 e. The number of nitrogens with zero attached hydrogens (tertiary/aromatic N) is 7. The van der Waals surface area contributed by atoms with E-state index in [1.165, 1.54) is 43.7 Å². The van der Waals surface area contributed by atoms with Gasteiger partial charge in [0.15, 0.2) is 11.6 Å². The monoisotopic (exact) mass is 980 g/mol. The number of sulfone groups is 2. The van der Waals surface area contributed by atoms with E-state index in [2.05, 4.69) is 45.5 Å². The maximum Gasteiger partial charge on any atom is 0.418 e. The van der Waals surface area contributed by atoms with Gasteiger partial charge in [0.25, 0.3) is 12.9 Å². The van der Waals surface area contributed by atoms with Crippen LogP contribution in [0.15, 0.2) is 86.2 Å². The molecule has 7 rings (SSSR count). The molecule has 4 aromatic heterocycles. The standard InChI is InChI=1S/C16H20F3N5O4S.C12H18F3N3O2S.C10H8N2O3.CH4/c1-16(19,29(26,27)11-9-23(2)21-13(11)14(17)18)10-3-6-24(7-4-10)15(25)20-12-5-8-28-22-12;1-12(15,8-3-5-16-6-4-8)21(19,20)9-7-18(2)17-10(9)11(13)14;13-10(11-9-6-7-14-12-9)15-8-4-2-1-3-5-8;/h5,8-10,14H,3-4,6-7H2,1-2H3,(H,20,22,25);7-8,11,16H,3-6H2,1-2H3;1-7H,(H,11,12,13);1H4/t16-;12-;;/m11../s1. The lowest BCUT2D eigenvalue weighted by molar-refractivity contribution is 0.116. The number of ether oxygens (including phenoxy) is 1. The van der Waals surface area contributed by atoms with Crippen molar-refractivity contribution in [3.63, 3.8) is 0 Å². The maximum atomic E-state index is 15.5. The average Bonchev–Trinajstić information content (AvgIpc) is 4.11. The zero-order valence-electron chi connectivity index (χ0n) is 35.2. The van der Waals surface area contributed by atoms with Gasteiger partial charge in [-0.15, -0.1) is 0 Å². The highest BCUT2D eigenvalue weighted by Crippen LogP contribution is 2.42. The molecule has 2 atom stereocenters. The molecule has 6 heterocycles. The van der Waals surface area contributed by atoms with Gasteiger partial charge in [0.05, 0.1) is 0 Å². The second kappa shape index (κ2) is 22.0. The number of carbonyl (C=O) groups is 2. The fourth-order valence-electron chi connectivity index (χ4n) is 6.96. The fourth-order valence-corrected chi connectivity index (χ4v) is 10.6. The molecule has 0 radical (unpaired) electrons. The van der Waals surface area contributed by atoms with Crippen LogP contribution in [-0.2, 0) is 33.8 Å². The predicted octanol–water partition coefficient (Wildman–Crippen LogP) is 7.49. The molecular weight excluding hydrogens is 931 g/mol. The van der Waals surface area contributed by atoms with Crippen LogP contribution in [-0.4, -0.2) is 99.9 Å². The number of halogens is 6. The minimum atomic E-state index is -4.74. The summed E-state index contributed by atoms with van der Waals surface area (Å²) in [6.07, 6.45) is -1.58. The van der Waals surface area contributed by atoms with E-state index in [4.69, 9.17) is 4.74 Å². The van der Waals surface area contributed by atoms with Crippen LogP contribution in [0.5, 0.6) is 5.75 Å². The summed E-state index contributed by atoms with van der Waals surface area (Å²) in [5.41, 5.74) is -1.86. The largest absolute Gasteiger partial charge is 0.418 e. The Labute approximate surface area is 376 Å². The lowest BCUT2D eigenvalue weighted by Gasteiger charge is -2.37. The number of rotatable bonds is 11. The zero-order chi connectivity index (χ0) is 47.7. The normalized spacial score (nSPS) is 16.7. The minimum absolute atomic E-state index is 0. The van der Waals surface area contributed by atoms with Crippen LogP contribution in [0.3, 0.4) is 0 Å². The molecule has 19 nitrogen and oxygen atoms in total. The summed E-state index contributed by atoms with van der Waals surface area (Å²) in [6, 6.07) is 11.2. The number of amides is 3. The van der Waals surface area contributed by atoms with Crippen molar-refractivity contribution < 1.29 is 66.6 Å². The molecule has 3 amide bonds. The van der Waals surface area contributed by atoms with E-state index in [1.807, 2.05) is 6.07 Å². The summed E-state index contributed by atoms with van der Waals surface area (Å²) in [5.74, 6) is -0.704. The second-order valence-electron chi connectivity index (χ2n) is 15.0. The van der Waals surface area contributed by atoms with E-state index < -0.39 is 87.7 Å². The van der Waals surface area contributed by atoms with Crippen LogP contribution in [0, 0.1) is 11.8 Å². The van der Waals surface area contributed by atoms with Crippen molar-refractivity contribution >= 4 is 43.4 Å². The van der Waals surface area contributed by atoms with Crippen LogP contribution in [0.1, 0.15) is 71.2 Å². The van der Waals surface area contributed by atoms with E-state index in [0.29, 0.717) is 37.5 Å². The first-order chi connectivity index (χ1) is 30.6. The molecule has 2 saturated heterocycles. The number of alkyl halides is 6. The van der Waals surface area contributed by atoms with Gasteiger partial charge in [-0.2, -0.15) is 10.2 Å². The van der Waals surface area contributed by atoms with Crippen molar-refractivity contribution in [1.82, 2.24) is 40.1 Å². The third-order valence-corrected chi connectivity index (χ3v) is 15.1. The molecule has 5 aromatic rings. The quantitative estimate of drug-likeness (QED) is 0.109. The van der Waals surface area contributed by atoms with Gasteiger partial charge in [-0.3, -0.25) is 20.0 Å². The predicted molar refractivity (Wildman–Crippen MR) is 224 cm³/mol. The Bertz CT molecular complexity index is 2550. The van der Waals surface area contributed by atoms with Gasteiger partial charge in [-0.25, -0.2) is 52.8 Å². The molecule has 2 fully saturated rings. The van der Waals surface area contributed by atoms with Crippen molar-refractivity contribution in [2.45, 2.75) is 79.6 Å². The van der Waals surface area contributed by atoms with Gasteiger partial charge < -0.3 is 24.0 Å². The highest BCUT2D eigenvalue weighted by molar-refractivity contribution is 7.93. The molecule has 0 bridgehead atoms. The minimum Gasteiger partial charge on any atom is -0.410 e. The van der Waals surface area contributed by atoms with Crippen molar-refractivity contribution in [2.75, 3.05) is 36.8 Å². The van der Waals surface area contributed by atoms with E-state index in [1.54, 1.807) is 24.3 Å². The number of likely N-dealkylation sites (tertiary alicyclic amines) is 1. The molecule has 3 N–H and O–H groups in total. The molecule has 2 aliphatic heterocycles. The third-order valence-electron chi connectivity index (χ3n) is 10.6. The number of carbonyl (C=O) groups excluding carboxylic acids is 2. The highest BCUT2D eigenvalue weighted by atomic mass is 32.2. The first-order valence-corrected chi connectivity index (χ1v) is 22.6. The molecule has 27 heteroatoms. The topological polar surface area (TPSA) is 239 Å². The van der Waals surface area contributed by atoms with Gasteiger partial charge in [0.2, 0.25) is 29.7 Å². The van der Waals surface area contributed by atoms with Crippen LogP contribution < -0.4 is 20.7 Å².